The van der Waals surface area contributed by atoms with Gasteiger partial charge in [-0.05, 0) is 54.7 Å². The number of hydrogen-bond acceptors (Lipinski definition) is 4. The number of likely N-dealkylation sites (tertiary alicyclic amines) is 1. The van der Waals surface area contributed by atoms with Gasteiger partial charge in [0, 0.05) is 25.2 Å². The Labute approximate surface area is 160 Å². The van der Waals surface area contributed by atoms with Crippen molar-refractivity contribution in [1.29, 1.82) is 0 Å². The van der Waals surface area contributed by atoms with Gasteiger partial charge < -0.3 is 15.2 Å². The average molecular weight is 366 g/mol. The highest BCUT2D eigenvalue weighted by Crippen LogP contribution is 2.41. The van der Waals surface area contributed by atoms with Crippen LogP contribution in [0.3, 0.4) is 0 Å². The van der Waals surface area contributed by atoms with Crippen LogP contribution in [0, 0.1) is 0 Å². The Kier molecular flexibility index (Phi) is 5.14. The van der Waals surface area contributed by atoms with E-state index in [2.05, 4.69) is 28.4 Å². The number of methoxy groups -OCH3 is 1. The van der Waals surface area contributed by atoms with Crippen molar-refractivity contribution >= 4 is 5.97 Å². The van der Waals surface area contributed by atoms with Gasteiger partial charge in [-0.1, -0.05) is 24.3 Å². The number of aromatic carboxylic acids is 1. The molecule has 2 N–H and O–H groups in total. The van der Waals surface area contributed by atoms with Crippen LogP contribution < -0.4 is 10.1 Å². The Balaban J connectivity index is 1.52. The number of nitrogens with zero attached hydrogens (tertiary/aromatic N) is 1. The topological polar surface area (TPSA) is 61.8 Å². The van der Waals surface area contributed by atoms with Gasteiger partial charge in [-0.2, -0.15) is 0 Å². The third-order valence-electron chi connectivity index (χ3n) is 5.63. The highest BCUT2D eigenvalue weighted by atomic mass is 16.5. The molecule has 1 saturated heterocycles. The fourth-order valence-electron chi connectivity index (χ4n) is 4.16. The SMILES string of the molecule is COc1cccc(C2C(NCc3cccc(C(=O)O)c3)CCN2C2CC2)c1. The number of carboxylic acids is 1. The van der Waals surface area contributed by atoms with E-state index >= 15 is 0 Å². The van der Waals surface area contributed by atoms with Gasteiger partial charge in [-0.15, -0.1) is 0 Å². The van der Waals surface area contributed by atoms with E-state index in [1.165, 1.54) is 18.4 Å². The fourth-order valence-corrected chi connectivity index (χ4v) is 4.16. The lowest BCUT2D eigenvalue weighted by Gasteiger charge is -2.29. The minimum absolute atomic E-state index is 0.329. The van der Waals surface area contributed by atoms with Crippen molar-refractivity contribution in [2.45, 2.75) is 43.9 Å². The summed E-state index contributed by atoms with van der Waals surface area (Å²) >= 11 is 0. The zero-order valence-corrected chi connectivity index (χ0v) is 15.6. The summed E-state index contributed by atoms with van der Waals surface area (Å²) in [6.45, 7) is 1.77. The predicted molar refractivity (Wildman–Crippen MR) is 104 cm³/mol. The molecule has 1 aliphatic carbocycles. The standard InChI is InChI=1S/C22H26N2O3/c1-27-19-7-3-5-16(13-19)21-20(10-11-24(21)18-8-9-18)23-14-15-4-2-6-17(12-15)22(25)26/h2-7,12-13,18,20-21,23H,8-11,14H2,1H3,(H,25,26). The monoisotopic (exact) mass is 366 g/mol. The van der Waals surface area contributed by atoms with Crippen LogP contribution in [0.25, 0.3) is 0 Å². The Morgan fingerprint density at radius 2 is 2.00 bits per heavy atom. The fraction of sp³-hybridized carbons (Fsp3) is 0.409. The summed E-state index contributed by atoms with van der Waals surface area (Å²) < 4.78 is 5.43. The third-order valence-corrected chi connectivity index (χ3v) is 5.63. The van der Waals surface area contributed by atoms with Crippen molar-refractivity contribution in [1.82, 2.24) is 10.2 Å². The van der Waals surface area contributed by atoms with Gasteiger partial charge in [0.15, 0.2) is 0 Å². The molecule has 2 atom stereocenters. The van der Waals surface area contributed by atoms with E-state index in [-0.39, 0.29) is 0 Å². The lowest BCUT2D eigenvalue weighted by molar-refractivity contribution is 0.0696. The van der Waals surface area contributed by atoms with Gasteiger partial charge in [-0.25, -0.2) is 4.79 Å². The predicted octanol–water partition coefficient (Wildman–Crippen LogP) is 3.46. The van der Waals surface area contributed by atoms with Crippen LogP contribution in [0.2, 0.25) is 0 Å². The lowest BCUT2D eigenvalue weighted by Crippen LogP contribution is -2.36. The quantitative estimate of drug-likeness (QED) is 0.786. The molecule has 0 radical (unpaired) electrons. The second kappa shape index (κ2) is 7.71. The summed E-state index contributed by atoms with van der Waals surface area (Å²) in [7, 11) is 1.71. The first-order valence-corrected chi connectivity index (χ1v) is 9.61. The van der Waals surface area contributed by atoms with E-state index < -0.39 is 5.97 Å². The van der Waals surface area contributed by atoms with Crippen LogP contribution in [0.15, 0.2) is 48.5 Å². The molecule has 1 heterocycles. The minimum atomic E-state index is -0.883. The summed E-state index contributed by atoms with van der Waals surface area (Å²) in [4.78, 5) is 13.8. The number of carboxylic acid groups (broad SMARTS) is 1. The molecule has 2 aliphatic rings. The zero-order valence-electron chi connectivity index (χ0n) is 15.6. The van der Waals surface area contributed by atoms with Gasteiger partial charge in [0.05, 0.1) is 18.7 Å². The Morgan fingerprint density at radius 1 is 1.19 bits per heavy atom. The van der Waals surface area contributed by atoms with E-state index in [9.17, 15) is 9.90 Å². The van der Waals surface area contributed by atoms with Crippen molar-refractivity contribution < 1.29 is 14.6 Å². The van der Waals surface area contributed by atoms with Gasteiger partial charge >= 0.3 is 5.97 Å². The van der Waals surface area contributed by atoms with Crippen molar-refractivity contribution in [3.05, 3.63) is 65.2 Å². The van der Waals surface area contributed by atoms with Gasteiger partial charge in [0.2, 0.25) is 0 Å². The van der Waals surface area contributed by atoms with E-state index in [0.29, 0.717) is 30.2 Å². The van der Waals surface area contributed by atoms with Crippen molar-refractivity contribution in [3.63, 3.8) is 0 Å². The Hall–Kier alpha value is -2.37. The molecule has 2 fully saturated rings. The molecule has 0 bridgehead atoms. The van der Waals surface area contributed by atoms with Crippen molar-refractivity contribution in [3.8, 4) is 5.75 Å². The molecule has 4 rings (SSSR count). The highest BCUT2D eigenvalue weighted by Gasteiger charge is 2.42. The number of hydrogen-bond donors (Lipinski definition) is 2. The zero-order chi connectivity index (χ0) is 18.8. The van der Waals surface area contributed by atoms with Crippen LogP contribution in [-0.4, -0.2) is 41.7 Å². The molecule has 5 heteroatoms. The number of benzene rings is 2. The molecule has 0 aromatic heterocycles. The first-order chi connectivity index (χ1) is 13.2. The number of rotatable bonds is 7. The summed E-state index contributed by atoms with van der Waals surface area (Å²) in [5.74, 6) is 0.00920. The molecular formula is C22H26N2O3. The molecule has 27 heavy (non-hydrogen) atoms. The summed E-state index contributed by atoms with van der Waals surface area (Å²) in [5, 5.41) is 12.9. The largest absolute Gasteiger partial charge is 0.497 e. The molecule has 2 unspecified atom stereocenters. The van der Waals surface area contributed by atoms with Crippen LogP contribution >= 0.6 is 0 Å². The Morgan fingerprint density at radius 3 is 2.74 bits per heavy atom. The lowest BCUT2D eigenvalue weighted by atomic mass is 9.99. The van der Waals surface area contributed by atoms with Crippen LogP contribution in [0.1, 0.15) is 46.8 Å². The maximum Gasteiger partial charge on any atom is 0.335 e. The second-order valence-corrected chi connectivity index (χ2v) is 7.47. The van der Waals surface area contributed by atoms with Gasteiger partial charge in [0.25, 0.3) is 0 Å². The van der Waals surface area contributed by atoms with E-state index in [4.69, 9.17) is 4.74 Å². The smallest absolute Gasteiger partial charge is 0.335 e. The summed E-state index contributed by atoms with van der Waals surface area (Å²) in [6.07, 6.45) is 3.67. The second-order valence-electron chi connectivity index (χ2n) is 7.47. The Bertz CT molecular complexity index is 819. The molecule has 2 aromatic rings. The molecule has 1 aliphatic heterocycles. The van der Waals surface area contributed by atoms with Crippen LogP contribution in [0.5, 0.6) is 5.75 Å². The molecule has 1 saturated carbocycles. The van der Waals surface area contributed by atoms with Crippen LogP contribution in [0.4, 0.5) is 0 Å². The average Bonchev–Trinajstić information content (AvgIpc) is 3.46. The van der Waals surface area contributed by atoms with Crippen molar-refractivity contribution in [2.75, 3.05) is 13.7 Å². The maximum absolute atomic E-state index is 11.2. The molecule has 5 nitrogen and oxygen atoms in total. The first-order valence-electron chi connectivity index (χ1n) is 9.61. The first kappa shape index (κ1) is 18.0. The molecule has 0 amide bonds. The third kappa shape index (κ3) is 3.99. The maximum atomic E-state index is 11.2. The molecule has 2 aromatic carbocycles. The molecule has 0 spiro atoms. The minimum Gasteiger partial charge on any atom is -0.497 e. The molecular weight excluding hydrogens is 340 g/mol. The van der Waals surface area contributed by atoms with E-state index in [0.717, 1.165) is 24.3 Å². The van der Waals surface area contributed by atoms with Gasteiger partial charge in [-0.3, -0.25) is 4.90 Å². The van der Waals surface area contributed by atoms with E-state index in [1.54, 1.807) is 19.2 Å². The summed E-state index contributed by atoms with van der Waals surface area (Å²) in [5.41, 5.74) is 2.63. The number of ether oxygens (including phenoxy) is 1. The summed E-state index contributed by atoms with van der Waals surface area (Å²) in [6, 6.07) is 16.9. The normalized spacial score (nSPS) is 22.7. The molecule has 142 valence electrons. The van der Waals surface area contributed by atoms with Gasteiger partial charge in [0.1, 0.15) is 5.75 Å². The number of carbonyl (C=O) groups is 1. The number of nitrogens with one attached hydrogen (secondary N) is 1. The van der Waals surface area contributed by atoms with Crippen molar-refractivity contribution in [2.24, 2.45) is 0 Å². The van der Waals surface area contributed by atoms with E-state index in [1.807, 2.05) is 18.2 Å². The van der Waals surface area contributed by atoms with Crippen LogP contribution in [-0.2, 0) is 6.54 Å². The highest BCUT2D eigenvalue weighted by molar-refractivity contribution is 5.87.